The number of carbonyl (C=O) groups excluding carboxylic acids is 1. The minimum absolute atomic E-state index is 0.244. The molecule has 0 atom stereocenters. The second-order valence-corrected chi connectivity index (χ2v) is 5.91. The van der Waals surface area contributed by atoms with Gasteiger partial charge in [-0.05, 0) is 38.9 Å². The zero-order valence-corrected chi connectivity index (χ0v) is 12.3. The Labute approximate surface area is 117 Å². The molecule has 0 saturated heterocycles. The topological polar surface area (TPSA) is 70.1 Å². The fourth-order valence-electron chi connectivity index (χ4n) is 2.58. The van der Waals surface area contributed by atoms with Crippen molar-refractivity contribution in [3.8, 4) is 0 Å². The third kappa shape index (κ3) is 3.05. The fraction of sp³-hybridized carbons (Fsp3) is 0.692. The van der Waals surface area contributed by atoms with Crippen molar-refractivity contribution in [2.24, 2.45) is 0 Å². The number of anilines is 1. The third-order valence-electron chi connectivity index (χ3n) is 3.67. The molecule has 1 aliphatic rings. The van der Waals surface area contributed by atoms with Gasteiger partial charge in [0, 0.05) is 11.3 Å². The number of nitrogen functional groups attached to an aromatic ring is 1. The molecular weight excluding hydrogens is 262 g/mol. The summed E-state index contributed by atoms with van der Waals surface area (Å²) in [6.45, 7) is 2.11. The average Bonchev–Trinajstić information content (AvgIpc) is 2.81. The zero-order chi connectivity index (χ0) is 13.8. The lowest BCUT2D eigenvalue weighted by atomic mass is 9.95. The van der Waals surface area contributed by atoms with Crippen molar-refractivity contribution in [1.29, 1.82) is 0 Å². The first-order valence-corrected chi connectivity index (χ1v) is 7.98. The predicted molar refractivity (Wildman–Crippen MR) is 77.4 cm³/mol. The van der Waals surface area contributed by atoms with Crippen molar-refractivity contribution < 1.29 is 9.53 Å². The van der Waals surface area contributed by atoms with E-state index in [0.717, 1.165) is 18.1 Å². The molecule has 19 heavy (non-hydrogen) atoms. The average molecular weight is 283 g/mol. The summed E-state index contributed by atoms with van der Waals surface area (Å²) < 4.78 is 6.88. The maximum absolute atomic E-state index is 11.7. The van der Waals surface area contributed by atoms with E-state index in [9.17, 15) is 4.79 Å². The highest BCUT2D eigenvalue weighted by atomic mass is 32.2. The Balaban J connectivity index is 2.08. The maximum Gasteiger partial charge on any atom is 0.360 e. The Kier molecular flexibility index (Phi) is 4.74. The van der Waals surface area contributed by atoms with E-state index in [1.807, 2.05) is 16.3 Å². The van der Waals surface area contributed by atoms with Gasteiger partial charge in [-0.2, -0.15) is 11.8 Å². The highest BCUT2D eigenvalue weighted by Crippen LogP contribution is 2.35. The van der Waals surface area contributed by atoms with Crippen LogP contribution in [0.25, 0.3) is 0 Å². The van der Waals surface area contributed by atoms with E-state index in [4.69, 9.17) is 10.5 Å². The van der Waals surface area contributed by atoms with Gasteiger partial charge in [0.25, 0.3) is 0 Å². The summed E-state index contributed by atoms with van der Waals surface area (Å²) in [6, 6.07) is 0.360. The lowest BCUT2D eigenvalue weighted by Crippen LogP contribution is -2.20. The zero-order valence-electron chi connectivity index (χ0n) is 11.5. The van der Waals surface area contributed by atoms with Crippen molar-refractivity contribution in [3.63, 3.8) is 0 Å². The summed E-state index contributed by atoms with van der Waals surface area (Å²) in [5, 5.41) is 0.755. The minimum Gasteiger partial charge on any atom is -0.461 e. The van der Waals surface area contributed by atoms with E-state index in [1.54, 1.807) is 13.3 Å². The van der Waals surface area contributed by atoms with E-state index in [1.165, 1.54) is 12.8 Å². The van der Waals surface area contributed by atoms with Crippen LogP contribution in [-0.4, -0.2) is 33.6 Å². The van der Waals surface area contributed by atoms with E-state index >= 15 is 0 Å². The molecule has 2 N–H and O–H groups in total. The number of carbonyl (C=O) groups is 1. The van der Waals surface area contributed by atoms with Crippen LogP contribution in [0.2, 0.25) is 0 Å². The molecule has 1 fully saturated rings. The lowest BCUT2D eigenvalue weighted by Gasteiger charge is -2.28. The number of hydrogen-bond acceptors (Lipinski definition) is 5. The van der Waals surface area contributed by atoms with Gasteiger partial charge in [0.1, 0.15) is 5.82 Å². The largest absolute Gasteiger partial charge is 0.461 e. The molecule has 0 amide bonds. The first-order chi connectivity index (χ1) is 9.17. The first-order valence-electron chi connectivity index (χ1n) is 6.69. The summed E-state index contributed by atoms with van der Waals surface area (Å²) >= 11 is 1.93. The monoisotopic (exact) mass is 283 g/mol. The smallest absolute Gasteiger partial charge is 0.360 e. The molecule has 1 heterocycles. The molecule has 6 heteroatoms. The number of ether oxygens (including phenoxy) is 1. The van der Waals surface area contributed by atoms with Gasteiger partial charge in [0.15, 0.2) is 5.69 Å². The van der Waals surface area contributed by atoms with Gasteiger partial charge in [-0.3, -0.25) is 0 Å². The second kappa shape index (κ2) is 6.32. The molecule has 1 saturated carbocycles. The van der Waals surface area contributed by atoms with Crippen LogP contribution < -0.4 is 5.73 Å². The number of nitrogens with two attached hydrogens (primary N) is 1. The Hall–Kier alpha value is -1.17. The third-order valence-corrected chi connectivity index (χ3v) is 4.81. The van der Waals surface area contributed by atoms with E-state index in [0.29, 0.717) is 18.5 Å². The maximum atomic E-state index is 11.7. The van der Waals surface area contributed by atoms with Gasteiger partial charge in [0.05, 0.1) is 12.9 Å². The molecule has 0 aromatic carbocycles. The molecule has 5 nitrogen and oxygen atoms in total. The highest BCUT2D eigenvalue weighted by Gasteiger charge is 2.25. The Morgan fingerprint density at radius 2 is 2.21 bits per heavy atom. The number of hydrogen-bond donors (Lipinski definition) is 1. The van der Waals surface area contributed by atoms with Gasteiger partial charge in [0.2, 0.25) is 0 Å². The first kappa shape index (κ1) is 14.2. The number of aromatic nitrogens is 2. The van der Waals surface area contributed by atoms with Gasteiger partial charge in [-0.1, -0.05) is 0 Å². The van der Waals surface area contributed by atoms with Crippen LogP contribution in [0.15, 0.2) is 6.33 Å². The SMILES string of the molecule is CCOC(=O)c1ncn(C2CCC(SC)CC2)c1N. The molecule has 1 aromatic heterocycles. The van der Waals surface area contributed by atoms with E-state index in [-0.39, 0.29) is 5.69 Å². The minimum atomic E-state index is -0.434. The number of esters is 1. The van der Waals surface area contributed by atoms with Crippen LogP contribution >= 0.6 is 11.8 Å². The van der Waals surface area contributed by atoms with Crippen LogP contribution in [0.5, 0.6) is 0 Å². The van der Waals surface area contributed by atoms with Crippen molar-refractivity contribution >= 4 is 23.5 Å². The number of thioether (sulfide) groups is 1. The van der Waals surface area contributed by atoms with Gasteiger partial charge >= 0.3 is 5.97 Å². The molecule has 0 unspecified atom stereocenters. The number of imidazole rings is 1. The predicted octanol–water partition coefficient (Wildman–Crippen LogP) is 2.49. The lowest BCUT2D eigenvalue weighted by molar-refractivity contribution is 0.0521. The summed E-state index contributed by atoms with van der Waals surface area (Å²) in [5.74, 6) is 0.00241. The van der Waals surface area contributed by atoms with E-state index < -0.39 is 5.97 Å². The summed E-state index contributed by atoms with van der Waals surface area (Å²) in [7, 11) is 0. The molecule has 106 valence electrons. The quantitative estimate of drug-likeness (QED) is 0.860. The Morgan fingerprint density at radius 3 is 2.79 bits per heavy atom. The fourth-order valence-corrected chi connectivity index (χ4v) is 3.32. The van der Waals surface area contributed by atoms with Gasteiger partial charge in [-0.25, -0.2) is 9.78 Å². The van der Waals surface area contributed by atoms with Crippen LogP contribution in [0, 0.1) is 0 Å². The van der Waals surface area contributed by atoms with Crippen LogP contribution in [-0.2, 0) is 4.74 Å². The molecular formula is C13H21N3O2S. The Bertz CT molecular complexity index is 439. The standard InChI is InChI=1S/C13H21N3O2S/c1-3-18-13(17)11-12(14)16(8-15-11)9-4-6-10(19-2)7-5-9/h8-10H,3-7,14H2,1-2H3. The van der Waals surface area contributed by atoms with Crippen molar-refractivity contribution in [2.45, 2.75) is 43.9 Å². The molecule has 1 aromatic rings. The summed E-state index contributed by atoms with van der Waals surface area (Å²) in [6.07, 6.45) is 8.40. The molecule has 0 radical (unpaired) electrons. The van der Waals surface area contributed by atoms with Gasteiger partial charge < -0.3 is 15.0 Å². The van der Waals surface area contributed by atoms with Crippen molar-refractivity contribution in [1.82, 2.24) is 9.55 Å². The number of rotatable bonds is 4. The number of nitrogens with zero attached hydrogens (tertiary/aromatic N) is 2. The highest BCUT2D eigenvalue weighted by molar-refractivity contribution is 7.99. The van der Waals surface area contributed by atoms with Crippen LogP contribution in [0.1, 0.15) is 49.1 Å². The van der Waals surface area contributed by atoms with Gasteiger partial charge in [-0.15, -0.1) is 0 Å². The molecule has 0 aliphatic heterocycles. The van der Waals surface area contributed by atoms with Crippen LogP contribution in [0.4, 0.5) is 5.82 Å². The molecule has 1 aliphatic carbocycles. The normalized spacial score (nSPS) is 23.3. The van der Waals surface area contributed by atoms with E-state index in [2.05, 4.69) is 11.2 Å². The molecule has 2 rings (SSSR count). The Morgan fingerprint density at radius 1 is 1.53 bits per heavy atom. The van der Waals surface area contributed by atoms with Crippen molar-refractivity contribution in [2.75, 3.05) is 18.6 Å². The second-order valence-electron chi connectivity index (χ2n) is 4.77. The summed E-state index contributed by atoms with van der Waals surface area (Å²) in [4.78, 5) is 15.8. The molecule has 0 spiro atoms. The van der Waals surface area contributed by atoms with Crippen LogP contribution in [0.3, 0.4) is 0 Å². The van der Waals surface area contributed by atoms with Crippen molar-refractivity contribution in [3.05, 3.63) is 12.0 Å². The summed E-state index contributed by atoms with van der Waals surface area (Å²) in [5.41, 5.74) is 6.27. The molecule has 0 bridgehead atoms.